The minimum absolute atomic E-state index is 0.601. The summed E-state index contributed by atoms with van der Waals surface area (Å²) in [6.45, 7) is 3.98. The van der Waals surface area contributed by atoms with Crippen molar-refractivity contribution in [2.75, 3.05) is 0 Å². The second-order valence-electron chi connectivity index (χ2n) is 2.82. The van der Waals surface area contributed by atoms with Gasteiger partial charge in [0.15, 0.2) is 11.5 Å². The molecule has 0 aliphatic carbocycles. The molecule has 0 unspecified atom stereocenters. The molecule has 4 nitrogen and oxygen atoms in total. The van der Waals surface area contributed by atoms with E-state index >= 15 is 0 Å². The average molecular weight is 165 g/mol. The minimum atomic E-state index is 0.601. The van der Waals surface area contributed by atoms with Gasteiger partial charge in [-0.3, -0.25) is 0 Å². The number of nitrogens with one attached hydrogen (secondary N) is 1. The van der Waals surface area contributed by atoms with Crippen molar-refractivity contribution in [1.29, 1.82) is 0 Å². The maximum atomic E-state index is 7.05. The van der Waals surface area contributed by atoms with Crippen molar-refractivity contribution >= 4 is 0 Å². The van der Waals surface area contributed by atoms with Gasteiger partial charge in [0.2, 0.25) is 0 Å². The van der Waals surface area contributed by atoms with Gasteiger partial charge >= 0.3 is 0 Å². The number of rotatable bonds is 0. The Morgan fingerprint density at radius 1 is 1.08 bits per heavy atom. The van der Waals surface area contributed by atoms with Crippen LogP contribution in [0.25, 0.3) is 5.84 Å². The summed E-state index contributed by atoms with van der Waals surface area (Å²) in [6, 6.07) is 3.72. The van der Waals surface area contributed by atoms with Crippen molar-refractivity contribution < 1.29 is 9.68 Å². The molecule has 64 valence electrons. The van der Waals surface area contributed by atoms with Gasteiger partial charge in [0.1, 0.15) is 0 Å². The molecular weight excluding hydrogens is 156 g/mol. The summed E-state index contributed by atoms with van der Waals surface area (Å²) < 4.78 is 0. The first-order chi connectivity index (χ1) is 5.66. The van der Waals surface area contributed by atoms with E-state index in [1.165, 1.54) is 0 Å². The highest BCUT2D eigenvalue weighted by Gasteiger charge is 2.16. The van der Waals surface area contributed by atoms with E-state index in [0.717, 1.165) is 11.1 Å². The lowest BCUT2D eigenvalue weighted by Gasteiger charge is -2.13. The molecular formula is C8H9N2O2-. The molecule has 4 heteroatoms. The number of hydrogen-bond acceptors (Lipinski definition) is 3. The van der Waals surface area contributed by atoms with Crippen molar-refractivity contribution in [3.63, 3.8) is 0 Å². The normalized spacial score (nSPS) is 15.2. The molecule has 0 amide bonds. The van der Waals surface area contributed by atoms with Crippen LogP contribution >= 0.6 is 0 Å². The first-order valence-electron chi connectivity index (χ1n) is 3.65. The van der Waals surface area contributed by atoms with E-state index < -0.39 is 0 Å². The van der Waals surface area contributed by atoms with E-state index in [1.807, 2.05) is 26.0 Å². The standard InChI is InChI=1S/C8H9N2O2/c1-5-3-7-8(4-6(5)2)12-10(9)11-7/h3-4,9H,1-2H3/q-1. The van der Waals surface area contributed by atoms with Crippen molar-refractivity contribution in [3.8, 4) is 11.5 Å². The SMILES string of the molecule is Cc1cc2c(cc1C)ON([NH-])O2. The maximum absolute atomic E-state index is 7.05. The summed E-state index contributed by atoms with van der Waals surface area (Å²) in [5, 5.41) is 0.601. The number of benzene rings is 1. The van der Waals surface area contributed by atoms with Crippen LogP contribution in [0.4, 0.5) is 0 Å². The van der Waals surface area contributed by atoms with Crippen molar-refractivity contribution in [2.24, 2.45) is 0 Å². The van der Waals surface area contributed by atoms with Crippen molar-refractivity contribution in [1.82, 2.24) is 5.34 Å². The fourth-order valence-corrected chi connectivity index (χ4v) is 1.10. The van der Waals surface area contributed by atoms with E-state index in [-0.39, 0.29) is 0 Å². The van der Waals surface area contributed by atoms with Crippen LogP contribution in [0, 0.1) is 13.8 Å². The molecule has 0 aromatic heterocycles. The van der Waals surface area contributed by atoms with Gasteiger partial charge in [0.05, 0.1) is 0 Å². The molecule has 0 radical (unpaired) electrons. The molecule has 1 aromatic carbocycles. The van der Waals surface area contributed by atoms with E-state index in [0.29, 0.717) is 16.8 Å². The third kappa shape index (κ3) is 1.01. The first kappa shape index (κ1) is 7.39. The molecule has 0 fully saturated rings. The number of hydrogen-bond donors (Lipinski definition) is 0. The van der Waals surface area contributed by atoms with E-state index in [4.69, 9.17) is 15.5 Å². The molecule has 1 N–H and O–H groups in total. The Morgan fingerprint density at radius 3 is 1.92 bits per heavy atom. The molecule has 0 saturated carbocycles. The molecule has 2 rings (SSSR count). The van der Waals surface area contributed by atoms with Crippen LogP contribution in [0.15, 0.2) is 12.1 Å². The molecule has 1 aliphatic rings. The third-order valence-electron chi connectivity index (χ3n) is 1.92. The fraction of sp³-hybridized carbons (Fsp3) is 0.250. The predicted molar refractivity (Wildman–Crippen MR) is 43.3 cm³/mol. The van der Waals surface area contributed by atoms with Crippen LogP contribution in [0.5, 0.6) is 11.5 Å². The zero-order chi connectivity index (χ0) is 8.72. The van der Waals surface area contributed by atoms with Gasteiger partial charge in [-0.1, -0.05) is 5.34 Å². The first-order valence-corrected chi connectivity index (χ1v) is 3.65. The molecule has 1 aliphatic heterocycles. The maximum Gasteiger partial charge on any atom is 0.194 e. The zero-order valence-electron chi connectivity index (χ0n) is 6.92. The van der Waals surface area contributed by atoms with Crippen LogP contribution in [-0.4, -0.2) is 5.34 Å². The topological polar surface area (TPSA) is 45.5 Å². The molecule has 1 aromatic rings. The summed E-state index contributed by atoms with van der Waals surface area (Å²) in [5.41, 5.74) is 2.26. The van der Waals surface area contributed by atoms with Crippen molar-refractivity contribution in [2.45, 2.75) is 13.8 Å². The lowest BCUT2D eigenvalue weighted by atomic mass is 10.1. The number of fused-ring (bicyclic) bond motifs is 1. The van der Waals surface area contributed by atoms with Gasteiger partial charge in [-0.15, -0.1) is 0 Å². The summed E-state index contributed by atoms with van der Waals surface area (Å²) in [7, 11) is 0. The van der Waals surface area contributed by atoms with Crippen LogP contribution in [0.3, 0.4) is 0 Å². The van der Waals surface area contributed by atoms with E-state index in [9.17, 15) is 0 Å². The lowest BCUT2D eigenvalue weighted by molar-refractivity contribution is -0.182. The molecule has 0 saturated heterocycles. The summed E-state index contributed by atoms with van der Waals surface area (Å²) in [5.74, 6) is 8.26. The summed E-state index contributed by atoms with van der Waals surface area (Å²) >= 11 is 0. The van der Waals surface area contributed by atoms with Gasteiger partial charge in [-0.2, -0.15) is 0 Å². The average Bonchev–Trinajstić information content (AvgIpc) is 2.30. The largest absolute Gasteiger partial charge is 0.536 e. The Balaban J connectivity index is 2.48. The Hall–Kier alpha value is -1.26. The monoisotopic (exact) mass is 165 g/mol. The van der Waals surface area contributed by atoms with Crippen LogP contribution in [0.1, 0.15) is 11.1 Å². The summed E-state index contributed by atoms with van der Waals surface area (Å²) in [4.78, 5) is 9.84. The Labute approximate surface area is 70.4 Å². The third-order valence-corrected chi connectivity index (χ3v) is 1.92. The van der Waals surface area contributed by atoms with Gasteiger partial charge in [-0.05, 0) is 37.1 Å². The second-order valence-corrected chi connectivity index (χ2v) is 2.82. The molecule has 1 heterocycles. The zero-order valence-corrected chi connectivity index (χ0v) is 6.92. The highest BCUT2D eigenvalue weighted by Crippen LogP contribution is 2.35. The predicted octanol–water partition coefficient (Wildman–Crippen LogP) is 2.17. The molecule has 0 atom stereocenters. The highest BCUT2D eigenvalue weighted by molar-refractivity contribution is 5.47. The molecule has 0 spiro atoms. The lowest BCUT2D eigenvalue weighted by Crippen LogP contribution is -2.14. The van der Waals surface area contributed by atoms with E-state index in [1.54, 1.807) is 0 Å². The molecule has 12 heavy (non-hydrogen) atoms. The van der Waals surface area contributed by atoms with Crippen LogP contribution < -0.4 is 9.68 Å². The van der Waals surface area contributed by atoms with Gasteiger partial charge in [-0.25, -0.2) is 0 Å². The van der Waals surface area contributed by atoms with E-state index in [2.05, 4.69) is 0 Å². The Bertz CT molecular complexity index is 294. The van der Waals surface area contributed by atoms with Gasteiger partial charge in [0, 0.05) is 0 Å². The van der Waals surface area contributed by atoms with Crippen LogP contribution in [0.2, 0.25) is 0 Å². The minimum Gasteiger partial charge on any atom is -0.536 e. The second kappa shape index (κ2) is 2.36. The Morgan fingerprint density at radius 2 is 1.50 bits per heavy atom. The smallest absolute Gasteiger partial charge is 0.194 e. The highest BCUT2D eigenvalue weighted by atomic mass is 17.0. The van der Waals surface area contributed by atoms with Crippen LogP contribution in [-0.2, 0) is 0 Å². The van der Waals surface area contributed by atoms with Gasteiger partial charge < -0.3 is 15.5 Å². The number of nitrogens with zero attached hydrogens (tertiary/aromatic N) is 1. The number of aryl methyl sites for hydroxylation is 2. The fourth-order valence-electron chi connectivity index (χ4n) is 1.10. The Kier molecular flexibility index (Phi) is 1.46. The van der Waals surface area contributed by atoms with Crippen molar-refractivity contribution in [3.05, 3.63) is 29.1 Å². The quantitative estimate of drug-likeness (QED) is 0.591. The summed E-state index contributed by atoms with van der Waals surface area (Å²) in [6.07, 6.45) is 0. The molecule has 0 bridgehead atoms. The van der Waals surface area contributed by atoms with Gasteiger partial charge in [0.25, 0.3) is 0 Å².